The normalized spacial score (nSPS) is 12.3. The summed E-state index contributed by atoms with van der Waals surface area (Å²) in [5.74, 6) is -1.09. The van der Waals surface area contributed by atoms with Gasteiger partial charge in [0.2, 0.25) is 21.8 Å². The van der Waals surface area contributed by atoms with Crippen molar-refractivity contribution < 1.29 is 18.0 Å². The van der Waals surface area contributed by atoms with E-state index in [1.807, 2.05) is 0 Å². The quantitative estimate of drug-likeness (QED) is 0.757. The Hall–Kier alpha value is -2.87. The molecule has 0 heterocycles. The number of nitrogens with zero attached hydrogens (tertiary/aromatic N) is 1. The van der Waals surface area contributed by atoms with Crippen LogP contribution in [0.4, 0.5) is 11.4 Å². The summed E-state index contributed by atoms with van der Waals surface area (Å²) < 4.78 is 25.9. The lowest BCUT2D eigenvalue weighted by atomic mass is 10.1. The Morgan fingerprint density at radius 1 is 1.11 bits per heavy atom. The molecule has 8 heteroatoms. The SMILES string of the molecule is CCC(C(=O)Nc1cccc(C(N)=O)c1C)N(c1ccccc1)S(C)(=O)=O. The fourth-order valence-corrected chi connectivity index (χ4v) is 4.10. The van der Waals surface area contributed by atoms with Gasteiger partial charge in [0.25, 0.3) is 0 Å². The van der Waals surface area contributed by atoms with Crippen LogP contribution in [0.5, 0.6) is 0 Å². The molecule has 1 atom stereocenters. The zero-order chi connectivity index (χ0) is 20.2. The molecule has 0 radical (unpaired) electrons. The molecule has 0 aromatic heterocycles. The van der Waals surface area contributed by atoms with Crippen molar-refractivity contribution in [3.05, 3.63) is 59.7 Å². The summed E-state index contributed by atoms with van der Waals surface area (Å²) in [7, 11) is -3.70. The van der Waals surface area contributed by atoms with E-state index in [1.165, 1.54) is 0 Å². The first-order valence-electron chi connectivity index (χ1n) is 8.41. The number of carbonyl (C=O) groups excluding carboxylic acids is 2. The number of hydrogen-bond acceptors (Lipinski definition) is 4. The molecule has 0 fully saturated rings. The van der Waals surface area contributed by atoms with Crippen molar-refractivity contribution in [3.63, 3.8) is 0 Å². The summed E-state index contributed by atoms with van der Waals surface area (Å²) in [5, 5.41) is 2.73. The first-order valence-corrected chi connectivity index (χ1v) is 10.3. The highest BCUT2D eigenvalue weighted by atomic mass is 32.2. The zero-order valence-corrected chi connectivity index (χ0v) is 16.3. The minimum absolute atomic E-state index is 0.266. The van der Waals surface area contributed by atoms with Crippen LogP contribution in [0.1, 0.15) is 29.3 Å². The van der Waals surface area contributed by atoms with E-state index < -0.39 is 27.9 Å². The Balaban J connectivity index is 2.40. The average molecular weight is 389 g/mol. The van der Waals surface area contributed by atoms with E-state index in [0.717, 1.165) is 10.6 Å². The summed E-state index contributed by atoms with van der Waals surface area (Å²) in [5.41, 5.74) is 6.98. The predicted molar refractivity (Wildman–Crippen MR) is 106 cm³/mol. The van der Waals surface area contributed by atoms with Gasteiger partial charge in [0.05, 0.1) is 11.9 Å². The van der Waals surface area contributed by atoms with Crippen molar-refractivity contribution in [2.75, 3.05) is 15.9 Å². The lowest BCUT2D eigenvalue weighted by molar-refractivity contribution is -0.117. The van der Waals surface area contributed by atoms with E-state index in [9.17, 15) is 18.0 Å². The van der Waals surface area contributed by atoms with Crippen molar-refractivity contribution in [2.24, 2.45) is 5.73 Å². The average Bonchev–Trinajstić information content (AvgIpc) is 2.60. The molecule has 27 heavy (non-hydrogen) atoms. The molecule has 2 aromatic rings. The molecular formula is C19H23N3O4S. The topological polar surface area (TPSA) is 110 Å². The molecule has 7 nitrogen and oxygen atoms in total. The Morgan fingerprint density at radius 2 is 1.74 bits per heavy atom. The van der Waals surface area contributed by atoms with Crippen LogP contribution >= 0.6 is 0 Å². The number of rotatable bonds is 7. The van der Waals surface area contributed by atoms with Gasteiger partial charge in [-0.3, -0.25) is 13.9 Å². The van der Waals surface area contributed by atoms with E-state index >= 15 is 0 Å². The molecule has 0 spiro atoms. The molecule has 2 aromatic carbocycles. The van der Waals surface area contributed by atoms with Gasteiger partial charge in [-0.05, 0) is 43.2 Å². The third kappa shape index (κ3) is 4.65. The van der Waals surface area contributed by atoms with Gasteiger partial charge in [-0.1, -0.05) is 31.2 Å². The zero-order valence-electron chi connectivity index (χ0n) is 15.5. The number of primary amides is 1. The number of anilines is 2. The van der Waals surface area contributed by atoms with Gasteiger partial charge in [0.1, 0.15) is 6.04 Å². The number of carbonyl (C=O) groups is 2. The molecular weight excluding hydrogens is 366 g/mol. The van der Waals surface area contributed by atoms with Crippen molar-refractivity contribution in [1.29, 1.82) is 0 Å². The van der Waals surface area contributed by atoms with Crippen LogP contribution < -0.4 is 15.4 Å². The van der Waals surface area contributed by atoms with E-state index in [1.54, 1.807) is 62.4 Å². The highest BCUT2D eigenvalue weighted by molar-refractivity contribution is 7.92. The summed E-state index contributed by atoms with van der Waals surface area (Å²) in [6, 6.07) is 12.3. The molecule has 0 aliphatic heterocycles. The molecule has 3 N–H and O–H groups in total. The van der Waals surface area contributed by atoms with Crippen LogP contribution in [0.2, 0.25) is 0 Å². The number of sulfonamides is 1. The molecule has 0 saturated heterocycles. The highest BCUT2D eigenvalue weighted by Gasteiger charge is 2.31. The second-order valence-electron chi connectivity index (χ2n) is 6.15. The van der Waals surface area contributed by atoms with E-state index in [0.29, 0.717) is 22.5 Å². The fourth-order valence-electron chi connectivity index (χ4n) is 2.89. The van der Waals surface area contributed by atoms with Crippen LogP contribution in [0.25, 0.3) is 0 Å². The van der Waals surface area contributed by atoms with Gasteiger partial charge < -0.3 is 11.1 Å². The highest BCUT2D eigenvalue weighted by Crippen LogP contribution is 2.24. The third-order valence-electron chi connectivity index (χ3n) is 4.20. The van der Waals surface area contributed by atoms with Crippen molar-refractivity contribution in [3.8, 4) is 0 Å². The fraction of sp³-hybridized carbons (Fsp3) is 0.263. The summed E-state index contributed by atoms with van der Waals surface area (Å²) in [6.07, 6.45) is 1.33. The lowest BCUT2D eigenvalue weighted by Gasteiger charge is -2.30. The van der Waals surface area contributed by atoms with Gasteiger partial charge in [-0.25, -0.2) is 8.42 Å². The largest absolute Gasteiger partial charge is 0.366 e. The lowest BCUT2D eigenvalue weighted by Crippen LogP contribution is -2.47. The van der Waals surface area contributed by atoms with Crippen LogP contribution in [0.15, 0.2) is 48.5 Å². The van der Waals surface area contributed by atoms with Gasteiger partial charge in [0.15, 0.2) is 0 Å². The number of nitrogens with one attached hydrogen (secondary N) is 1. The second-order valence-corrected chi connectivity index (χ2v) is 8.01. The van der Waals surface area contributed by atoms with E-state index in [2.05, 4.69) is 5.32 Å². The molecule has 0 saturated carbocycles. The van der Waals surface area contributed by atoms with Gasteiger partial charge >= 0.3 is 0 Å². The smallest absolute Gasteiger partial charge is 0.249 e. The number of nitrogens with two attached hydrogens (primary N) is 1. The first kappa shape index (κ1) is 20.4. The second kappa shape index (κ2) is 8.22. The number of benzene rings is 2. The molecule has 144 valence electrons. The third-order valence-corrected chi connectivity index (χ3v) is 5.38. The van der Waals surface area contributed by atoms with Crippen molar-refractivity contribution in [2.45, 2.75) is 26.3 Å². The molecule has 0 aliphatic rings. The van der Waals surface area contributed by atoms with Gasteiger partial charge in [-0.15, -0.1) is 0 Å². The summed E-state index contributed by atoms with van der Waals surface area (Å²) in [4.78, 5) is 24.4. The van der Waals surface area contributed by atoms with Crippen LogP contribution in [0.3, 0.4) is 0 Å². The molecule has 0 bridgehead atoms. The van der Waals surface area contributed by atoms with Crippen LogP contribution in [0, 0.1) is 6.92 Å². The Labute approximate surface area is 159 Å². The summed E-state index contributed by atoms with van der Waals surface area (Å²) >= 11 is 0. The minimum Gasteiger partial charge on any atom is -0.366 e. The molecule has 2 rings (SSSR count). The first-order chi connectivity index (χ1) is 12.7. The monoisotopic (exact) mass is 389 g/mol. The van der Waals surface area contributed by atoms with Crippen LogP contribution in [-0.2, 0) is 14.8 Å². The van der Waals surface area contributed by atoms with Gasteiger partial charge in [-0.2, -0.15) is 0 Å². The van der Waals surface area contributed by atoms with E-state index in [4.69, 9.17) is 5.73 Å². The number of para-hydroxylation sites is 1. The molecule has 1 unspecified atom stereocenters. The Kier molecular flexibility index (Phi) is 6.22. The Bertz CT molecular complexity index is 943. The Morgan fingerprint density at radius 3 is 2.26 bits per heavy atom. The van der Waals surface area contributed by atoms with Crippen molar-refractivity contribution in [1.82, 2.24) is 0 Å². The molecule has 2 amide bonds. The van der Waals surface area contributed by atoms with Crippen LogP contribution in [-0.4, -0.2) is 32.5 Å². The standard InChI is InChI=1S/C19H23N3O4S/c1-4-17(22(27(3,25)26)14-9-6-5-7-10-14)19(24)21-16-12-8-11-15(13(16)2)18(20)23/h5-12,17H,4H2,1-3H3,(H2,20,23)(H,21,24). The maximum absolute atomic E-state index is 12.9. The maximum atomic E-state index is 12.9. The molecule has 0 aliphatic carbocycles. The van der Waals surface area contributed by atoms with E-state index in [-0.39, 0.29) is 6.42 Å². The minimum atomic E-state index is -3.70. The van der Waals surface area contributed by atoms with Crippen molar-refractivity contribution >= 4 is 33.2 Å². The van der Waals surface area contributed by atoms with Gasteiger partial charge in [0, 0.05) is 11.3 Å². The predicted octanol–water partition coefficient (Wildman–Crippen LogP) is 2.28. The maximum Gasteiger partial charge on any atom is 0.249 e. The summed E-state index contributed by atoms with van der Waals surface area (Å²) in [6.45, 7) is 3.40. The number of hydrogen-bond donors (Lipinski definition) is 2. The number of amides is 2.